The molecular weight excluding hydrogens is 501 g/mol. The first-order valence-electron chi connectivity index (χ1n) is 12.3. The van der Waals surface area contributed by atoms with Gasteiger partial charge in [0.15, 0.2) is 0 Å². The average molecular weight is 535 g/mol. The number of halogens is 3. The Kier molecular flexibility index (Phi) is 9.56. The number of likely N-dealkylation sites (tertiary alicyclic amines) is 1. The van der Waals surface area contributed by atoms with Crippen LogP contribution < -0.4 is 26.2 Å². The number of urea groups is 1. The topological polar surface area (TPSA) is 106 Å². The number of rotatable bonds is 9. The lowest BCUT2D eigenvalue weighted by Gasteiger charge is -2.18. The van der Waals surface area contributed by atoms with E-state index >= 15 is 0 Å². The van der Waals surface area contributed by atoms with E-state index in [1.54, 1.807) is 6.92 Å². The smallest absolute Gasteiger partial charge is 0.378 e. The van der Waals surface area contributed by atoms with Crippen molar-refractivity contribution in [3.63, 3.8) is 0 Å². The second-order valence-corrected chi connectivity index (χ2v) is 9.27. The molecule has 1 atom stereocenters. The Hall–Kier alpha value is -3.80. The van der Waals surface area contributed by atoms with Crippen LogP contribution in [-0.2, 0) is 17.5 Å². The molecule has 1 heterocycles. The second-order valence-electron chi connectivity index (χ2n) is 9.27. The molecule has 0 aliphatic carbocycles. The van der Waals surface area contributed by atoms with Gasteiger partial charge in [0.25, 0.3) is 5.91 Å². The van der Waals surface area contributed by atoms with Crippen LogP contribution in [0.1, 0.15) is 34.8 Å². The molecule has 0 saturated carbocycles. The molecule has 1 aliphatic rings. The number of carbonyl (C=O) groups excluding carboxylic acids is 3. The molecule has 4 amide bonds. The lowest BCUT2D eigenvalue weighted by molar-refractivity contribution is -0.137. The van der Waals surface area contributed by atoms with Gasteiger partial charge in [0.2, 0.25) is 5.91 Å². The van der Waals surface area contributed by atoms with Crippen molar-refractivity contribution in [2.75, 3.05) is 50.5 Å². The number of carbonyl (C=O) groups is 3. The SMILES string of the molecule is CCNC(=O)Nc1ccc(C(F)(F)F)cc1C(=O)NCC(=O)N[C@@H]1CCN(Cc2ccc(N(C)C)cc2)C1. The number of anilines is 2. The Balaban J connectivity index is 1.54. The fourth-order valence-electron chi connectivity index (χ4n) is 4.13. The third kappa shape index (κ3) is 8.10. The van der Waals surface area contributed by atoms with Gasteiger partial charge in [0.1, 0.15) is 0 Å². The predicted molar refractivity (Wildman–Crippen MR) is 139 cm³/mol. The van der Waals surface area contributed by atoms with Crippen LogP contribution in [0.2, 0.25) is 0 Å². The number of hydrogen-bond donors (Lipinski definition) is 4. The van der Waals surface area contributed by atoms with Crippen molar-refractivity contribution in [3.8, 4) is 0 Å². The van der Waals surface area contributed by atoms with Gasteiger partial charge in [-0.1, -0.05) is 12.1 Å². The summed E-state index contributed by atoms with van der Waals surface area (Å²) in [6.07, 6.45) is -3.94. The second kappa shape index (κ2) is 12.6. The lowest BCUT2D eigenvalue weighted by atomic mass is 10.1. The Morgan fingerprint density at radius 3 is 2.39 bits per heavy atom. The van der Waals surface area contributed by atoms with Gasteiger partial charge < -0.3 is 26.2 Å². The lowest BCUT2D eigenvalue weighted by Crippen LogP contribution is -2.43. The molecule has 0 bridgehead atoms. The quantitative estimate of drug-likeness (QED) is 0.396. The summed E-state index contributed by atoms with van der Waals surface area (Å²) in [5.41, 5.74) is 0.724. The van der Waals surface area contributed by atoms with Crippen LogP contribution in [0, 0.1) is 0 Å². The molecular formula is C26H33F3N6O3. The monoisotopic (exact) mass is 534 g/mol. The zero-order chi connectivity index (χ0) is 27.9. The molecule has 3 rings (SSSR count). The first-order valence-corrected chi connectivity index (χ1v) is 12.3. The van der Waals surface area contributed by atoms with Crippen molar-refractivity contribution in [2.45, 2.75) is 32.1 Å². The largest absolute Gasteiger partial charge is 0.416 e. The van der Waals surface area contributed by atoms with Gasteiger partial charge in [-0.3, -0.25) is 14.5 Å². The summed E-state index contributed by atoms with van der Waals surface area (Å²) >= 11 is 0. The Morgan fingerprint density at radius 2 is 1.76 bits per heavy atom. The highest BCUT2D eigenvalue weighted by Gasteiger charge is 2.32. The molecule has 2 aromatic rings. The fraction of sp³-hybridized carbons (Fsp3) is 0.423. The Labute approximate surface area is 219 Å². The molecule has 0 spiro atoms. The van der Waals surface area contributed by atoms with E-state index in [0.717, 1.165) is 42.9 Å². The van der Waals surface area contributed by atoms with Crippen LogP contribution in [0.5, 0.6) is 0 Å². The minimum absolute atomic E-state index is 0.105. The van der Waals surface area contributed by atoms with Crippen molar-refractivity contribution >= 4 is 29.2 Å². The Morgan fingerprint density at radius 1 is 1.05 bits per heavy atom. The molecule has 12 heteroatoms. The zero-order valence-corrected chi connectivity index (χ0v) is 21.6. The molecule has 0 unspecified atom stereocenters. The van der Waals surface area contributed by atoms with Gasteiger partial charge in [0, 0.05) is 52.0 Å². The van der Waals surface area contributed by atoms with E-state index in [1.165, 1.54) is 0 Å². The van der Waals surface area contributed by atoms with Gasteiger partial charge in [-0.25, -0.2) is 4.79 Å². The normalized spacial score (nSPS) is 15.6. The minimum Gasteiger partial charge on any atom is -0.378 e. The van der Waals surface area contributed by atoms with Gasteiger partial charge in [-0.05, 0) is 49.2 Å². The molecule has 2 aromatic carbocycles. The van der Waals surface area contributed by atoms with E-state index in [9.17, 15) is 27.6 Å². The molecule has 0 radical (unpaired) electrons. The molecule has 1 fully saturated rings. The number of nitrogens with one attached hydrogen (secondary N) is 4. The summed E-state index contributed by atoms with van der Waals surface area (Å²) < 4.78 is 39.6. The standard InChI is InChI=1S/C26H33F3N6O3/c1-4-30-25(38)33-22-10-7-18(26(27,28)29)13-21(22)24(37)31-14-23(36)32-19-11-12-35(16-19)15-17-5-8-20(9-6-17)34(2)3/h5-10,13,19H,4,11-12,14-16H2,1-3H3,(H,31,37)(H,32,36)(H2,30,33,38)/t19-/m1/s1. The average Bonchev–Trinajstić information content (AvgIpc) is 3.29. The van der Waals surface area contributed by atoms with Crippen molar-refractivity contribution in [1.29, 1.82) is 0 Å². The molecule has 206 valence electrons. The van der Waals surface area contributed by atoms with Gasteiger partial charge >= 0.3 is 12.2 Å². The minimum atomic E-state index is -4.68. The van der Waals surface area contributed by atoms with Crippen LogP contribution in [-0.4, -0.2) is 69.1 Å². The number of hydrogen-bond acceptors (Lipinski definition) is 5. The fourth-order valence-corrected chi connectivity index (χ4v) is 4.13. The summed E-state index contributed by atoms with van der Waals surface area (Å²) in [4.78, 5) is 41.3. The summed E-state index contributed by atoms with van der Waals surface area (Å²) in [6.45, 7) is 3.72. The van der Waals surface area contributed by atoms with Gasteiger partial charge in [-0.15, -0.1) is 0 Å². The molecule has 9 nitrogen and oxygen atoms in total. The van der Waals surface area contributed by atoms with E-state index < -0.39 is 41.7 Å². The zero-order valence-electron chi connectivity index (χ0n) is 21.6. The van der Waals surface area contributed by atoms with Gasteiger partial charge in [-0.2, -0.15) is 13.2 Å². The maximum absolute atomic E-state index is 13.2. The van der Waals surface area contributed by atoms with E-state index in [-0.39, 0.29) is 18.3 Å². The van der Waals surface area contributed by atoms with E-state index in [2.05, 4.69) is 50.4 Å². The third-order valence-electron chi connectivity index (χ3n) is 6.08. The molecule has 1 aliphatic heterocycles. The van der Waals surface area contributed by atoms with E-state index in [0.29, 0.717) is 12.6 Å². The summed E-state index contributed by atoms with van der Waals surface area (Å²) in [5.74, 6) is -1.36. The maximum Gasteiger partial charge on any atom is 0.416 e. The molecule has 1 saturated heterocycles. The van der Waals surface area contributed by atoms with Crippen molar-refractivity contribution in [3.05, 3.63) is 59.2 Å². The first kappa shape index (κ1) is 28.8. The van der Waals surface area contributed by atoms with Crippen LogP contribution in [0.3, 0.4) is 0 Å². The van der Waals surface area contributed by atoms with Gasteiger partial charge in [0.05, 0.1) is 23.4 Å². The number of benzene rings is 2. The maximum atomic E-state index is 13.2. The van der Waals surface area contributed by atoms with Crippen LogP contribution in [0.15, 0.2) is 42.5 Å². The summed E-state index contributed by atoms with van der Waals surface area (Å²) in [5, 5.41) is 10.0. The highest BCUT2D eigenvalue weighted by Crippen LogP contribution is 2.32. The van der Waals surface area contributed by atoms with Crippen molar-refractivity contribution < 1.29 is 27.6 Å². The van der Waals surface area contributed by atoms with E-state index in [1.807, 2.05) is 19.0 Å². The van der Waals surface area contributed by atoms with E-state index in [4.69, 9.17) is 0 Å². The first-order chi connectivity index (χ1) is 18.0. The van der Waals surface area contributed by atoms with Crippen molar-refractivity contribution in [2.24, 2.45) is 0 Å². The Bertz CT molecular complexity index is 1140. The highest BCUT2D eigenvalue weighted by atomic mass is 19.4. The van der Waals surface area contributed by atoms with Crippen LogP contribution in [0.4, 0.5) is 29.3 Å². The predicted octanol–water partition coefficient (Wildman–Crippen LogP) is 3.03. The third-order valence-corrected chi connectivity index (χ3v) is 6.08. The molecule has 38 heavy (non-hydrogen) atoms. The molecule has 0 aromatic heterocycles. The van der Waals surface area contributed by atoms with Crippen LogP contribution >= 0.6 is 0 Å². The number of amides is 4. The highest BCUT2D eigenvalue weighted by molar-refractivity contribution is 6.04. The molecule has 4 N–H and O–H groups in total. The number of nitrogens with zero attached hydrogens (tertiary/aromatic N) is 2. The van der Waals surface area contributed by atoms with Crippen LogP contribution in [0.25, 0.3) is 0 Å². The number of alkyl halides is 3. The summed E-state index contributed by atoms with van der Waals surface area (Å²) in [6, 6.07) is 9.89. The summed E-state index contributed by atoms with van der Waals surface area (Å²) in [7, 11) is 3.96. The van der Waals surface area contributed by atoms with Crippen molar-refractivity contribution in [1.82, 2.24) is 20.9 Å².